The molecule has 0 aromatic heterocycles. The maximum atomic E-state index is 12.0. The third kappa shape index (κ3) is 3.31. The number of hydrogen-bond acceptors (Lipinski definition) is 3. The lowest BCUT2D eigenvalue weighted by Crippen LogP contribution is -2.46. The summed E-state index contributed by atoms with van der Waals surface area (Å²) in [6.45, 7) is 4.10. The van der Waals surface area contributed by atoms with Crippen LogP contribution in [0.15, 0.2) is 24.3 Å². The van der Waals surface area contributed by atoms with Crippen molar-refractivity contribution in [3.63, 3.8) is 0 Å². The minimum Gasteiger partial charge on any atom is -0.484 e. The fourth-order valence-corrected chi connectivity index (χ4v) is 2.77. The Morgan fingerprint density at radius 2 is 2.25 bits per heavy atom. The number of aliphatic hydroxyl groups excluding tert-OH is 1. The van der Waals surface area contributed by atoms with Crippen LogP contribution < -0.4 is 10.1 Å². The molecule has 0 saturated heterocycles. The summed E-state index contributed by atoms with van der Waals surface area (Å²) in [5, 5.41) is 12.5. The normalized spacial score (nSPS) is 25.4. The third-order valence-corrected chi connectivity index (χ3v) is 4.23. The van der Waals surface area contributed by atoms with Gasteiger partial charge < -0.3 is 15.2 Å². The van der Waals surface area contributed by atoms with Crippen LogP contribution in [0.4, 0.5) is 0 Å². The fourth-order valence-electron chi connectivity index (χ4n) is 2.77. The van der Waals surface area contributed by atoms with E-state index in [0.717, 1.165) is 30.6 Å². The molecule has 1 aliphatic carbocycles. The van der Waals surface area contributed by atoms with Gasteiger partial charge in [0.1, 0.15) is 5.75 Å². The van der Waals surface area contributed by atoms with Gasteiger partial charge in [-0.25, -0.2) is 0 Å². The minimum atomic E-state index is -0.196. The summed E-state index contributed by atoms with van der Waals surface area (Å²) in [4.78, 5) is 12.0. The summed E-state index contributed by atoms with van der Waals surface area (Å²) in [6.07, 6.45) is 2.92. The smallest absolute Gasteiger partial charge is 0.258 e. The molecule has 0 radical (unpaired) electrons. The maximum Gasteiger partial charge on any atom is 0.258 e. The van der Waals surface area contributed by atoms with Gasteiger partial charge in [0.25, 0.3) is 5.91 Å². The molecule has 2 unspecified atom stereocenters. The average Bonchev–Trinajstić information content (AvgIpc) is 2.80. The second-order valence-corrected chi connectivity index (χ2v) is 5.88. The van der Waals surface area contributed by atoms with Crippen LogP contribution in [0.1, 0.15) is 31.7 Å². The van der Waals surface area contributed by atoms with E-state index in [1.54, 1.807) is 0 Å². The van der Waals surface area contributed by atoms with Crippen molar-refractivity contribution in [1.29, 1.82) is 0 Å². The molecule has 4 nitrogen and oxygen atoms in total. The standard InChI is InChI=1S/C16H23NO3/c1-12-6-3-4-7-13(12)20-10-15(19)17-14-8-5-9-16(14,2)11-18/h3-4,6-7,14,18H,5,8-11H2,1-2H3,(H,17,19). The summed E-state index contributed by atoms with van der Waals surface area (Å²) in [6, 6.07) is 7.68. The van der Waals surface area contributed by atoms with Gasteiger partial charge in [0.2, 0.25) is 0 Å². The number of amides is 1. The number of aryl methyl sites for hydroxylation is 1. The van der Waals surface area contributed by atoms with E-state index >= 15 is 0 Å². The molecule has 110 valence electrons. The lowest BCUT2D eigenvalue weighted by atomic mass is 9.86. The Kier molecular flexibility index (Phi) is 4.65. The Labute approximate surface area is 120 Å². The van der Waals surface area contributed by atoms with Crippen molar-refractivity contribution in [3.8, 4) is 5.75 Å². The van der Waals surface area contributed by atoms with Crippen LogP contribution in [0.3, 0.4) is 0 Å². The zero-order valence-corrected chi connectivity index (χ0v) is 12.2. The molecule has 2 rings (SSSR count). The van der Waals surface area contributed by atoms with Crippen LogP contribution in [0.25, 0.3) is 0 Å². The molecule has 0 aliphatic heterocycles. The third-order valence-electron chi connectivity index (χ3n) is 4.23. The molecule has 1 aromatic carbocycles. The second kappa shape index (κ2) is 6.27. The number of rotatable bonds is 5. The van der Waals surface area contributed by atoms with E-state index in [0.29, 0.717) is 0 Å². The van der Waals surface area contributed by atoms with Crippen LogP contribution in [0.2, 0.25) is 0 Å². The molecule has 1 aromatic rings. The van der Waals surface area contributed by atoms with E-state index in [-0.39, 0.29) is 30.6 Å². The van der Waals surface area contributed by atoms with Gasteiger partial charge in [-0.2, -0.15) is 0 Å². The number of para-hydroxylation sites is 1. The van der Waals surface area contributed by atoms with Gasteiger partial charge in [0, 0.05) is 11.5 Å². The van der Waals surface area contributed by atoms with Crippen LogP contribution in [-0.2, 0) is 4.79 Å². The second-order valence-electron chi connectivity index (χ2n) is 5.88. The Morgan fingerprint density at radius 3 is 2.95 bits per heavy atom. The Morgan fingerprint density at radius 1 is 1.50 bits per heavy atom. The van der Waals surface area contributed by atoms with Crippen molar-refractivity contribution in [2.75, 3.05) is 13.2 Å². The predicted molar refractivity (Wildman–Crippen MR) is 77.6 cm³/mol. The van der Waals surface area contributed by atoms with E-state index in [9.17, 15) is 9.90 Å². The van der Waals surface area contributed by atoms with Gasteiger partial charge in [-0.05, 0) is 31.4 Å². The Bertz CT molecular complexity index is 475. The number of hydrogen-bond donors (Lipinski definition) is 2. The molecule has 0 heterocycles. The SMILES string of the molecule is Cc1ccccc1OCC(=O)NC1CCCC1(C)CO. The van der Waals surface area contributed by atoms with E-state index < -0.39 is 0 Å². The van der Waals surface area contributed by atoms with Gasteiger partial charge in [-0.15, -0.1) is 0 Å². The van der Waals surface area contributed by atoms with Crippen molar-refractivity contribution in [2.45, 2.75) is 39.2 Å². The van der Waals surface area contributed by atoms with E-state index in [1.807, 2.05) is 38.1 Å². The number of benzene rings is 1. The summed E-state index contributed by atoms with van der Waals surface area (Å²) in [5.74, 6) is 0.610. The highest BCUT2D eigenvalue weighted by atomic mass is 16.5. The molecule has 0 spiro atoms. The number of carbonyl (C=O) groups excluding carboxylic acids is 1. The van der Waals surface area contributed by atoms with Gasteiger partial charge in [-0.3, -0.25) is 4.79 Å². The van der Waals surface area contributed by atoms with Crippen LogP contribution in [0.5, 0.6) is 5.75 Å². The van der Waals surface area contributed by atoms with E-state index in [4.69, 9.17) is 4.74 Å². The first-order valence-electron chi connectivity index (χ1n) is 7.14. The maximum absolute atomic E-state index is 12.0. The number of nitrogens with one attached hydrogen (secondary N) is 1. The monoisotopic (exact) mass is 277 g/mol. The zero-order chi connectivity index (χ0) is 14.6. The molecular formula is C16H23NO3. The lowest BCUT2D eigenvalue weighted by Gasteiger charge is -2.30. The first-order valence-corrected chi connectivity index (χ1v) is 7.14. The van der Waals surface area contributed by atoms with Crippen molar-refractivity contribution in [3.05, 3.63) is 29.8 Å². The van der Waals surface area contributed by atoms with Gasteiger partial charge in [0.15, 0.2) is 6.61 Å². The summed E-state index contributed by atoms with van der Waals surface area (Å²) in [7, 11) is 0. The summed E-state index contributed by atoms with van der Waals surface area (Å²) >= 11 is 0. The molecular weight excluding hydrogens is 254 g/mol. The molecule has 1 aliphatic rings. The summed E-state index contributed by atoms with van der Waals surface area (Å²) < 4.78 is 5.54. The number of ether oxygens (including phenoxy) is 1. The van der Waals surface area contributed by atoms with Gasteiger partial charge in [-0.1, -0.05) is 31.5 Å². The fraction of sp³-hybridized carbons (Fsp3) is 0.562. The Hall–Kier alpha value is -1.55. The molecule has 1 amide bonds. The molecule has 4 heteroatoms. The van der Waals surface area contributed by atoms with Crippen molar-refractivity contribution in [1.82, 2.24) is 5.32 Å². The van der Waals surface area contributed by atoms with Crippen molar-refractivity contribution in [2.24, 2.45) is 5.41 Å². The van der Waals surface area contributed by atoms with E-state index in [2.05, 4.69) is 5.32 Å². The number of aliphatic hydroxyl groups is 1. The first-order chi connectivity index (χ1) is 9.55. The van der Waals surface area contributed by atoms with Crippen LogP contribution in [-0.4, -0.2) is 30.3 Å². The highest BCUT2D eigenvalue weighted by Gasteiger charge is 2.39. The first kappa shape index (κ1) is 14.9. The average molecular weight is 277 g/mol. The highest BCUT2D eigenvalue weighted by molar-refractivity contribution is 5.78. The molecule has 1 saturated carbocycles. The molecule has 20 heavy (non-hydrogen) atoms. The molecule has 1 fully saturated rings. The van der Waals surface area contributed by atoms with Gasteiger partial charge >= 0.3 is 0 Å². The summed E-state index contributed by atoms with van der Waals surface area (Å²) in [5.41, 5.74) is 0.819. The van der Waals surface area contributed by atoms with E-state index in [1.165, 1.54) is 0 Å². The largest absolute Gasteiger partial charge is 0.484 e. The molecule has 0 bridgehead atoms. The minimum absolute atomic E-state index is 0.0167. The van der Waals surface area contributed by atoms with Crippen LogP contribution in [0, 0.1) is 12.3 Å². The molecule has 2 N–H and O–H groups in total. The zero-order valence-electron chi connectivity index (χ0n) is 12.2. The highest BCUT2D eigenvalue weighted by Crippen LogP contribution is 2.37. The van der Waals surface area contributed by atoms with Crippen LogP contribution >= 0.6 is 0 Å². The van der Waals surface area contributed by atoms with Crippen molar-refractivity contribution < 1.29 is 14.6 Å². The Balaban J connectivity index is 1.86. The predicted octanol–water partition coefficient (Wildman–Crippen LogP) is 2.04. The lowest BCUT2D eigenvalue weighted by molar-refractivity contribution is -0.124. The topological polar surface area (TPSA) is 58.6 Å². The quantitative estimate of drug-likeness (QED) is 0.866. The molecule has 2 atom stereocenters. The van der Waals surface area contributed by atoms with Crippen molar-refractivity contribution >= 4 is 5.91 Å². The van der Waals surface area contributed by atoms with Gasteiger partial charge in [0.05, 0.1) is 6.61 Å². The number of carbonyl (C=O) groups is 1.